The van der Waals surface area contributed by atoms with E-state index in [9.17, 15) is 4.79 Å². The van der Waals surface area contributed by atoms with Crippen LogP contribution >= 0.6 is 15.9 Å². The van der Waals surface area contributed by atoms with Gasteiger partial charge in [0.2, 0.25) is 0 Å². The molecular weight excluding hydrogens is 366 g/mol. The van der Waals surface area contributed by atoms with Gasteiger partial charge in [-0.1, -0.05) is 30.3 Å². The Labute approximate surface area is 148 Å². The van der Waals surface area contributed by atoms with E-state index >= 15 is 0 Å². The average Bonchev–Trinajstić information content (AvgIpc) is 3.22. The lowest BCUT2D eigenvalue weighted by atomic mass is 10.1. The molecule has 5 heteroatoms. The van der Waals surface area contributed by atoms with Crippen molar-refractivity contribution in [2.75, 3.05) is 0 Å². The molecule has 1 heterocycles. The average molecular weight is 382 g/mol. The third-order valence-electron chi connectivity index (χ3n) is 4.36. The van der Waals surface area contributed by atoms with E-state index in [0.717, 1.165) is 23.0 Å². The molecule has 0 spiro atoms. The number of benzene rings is 2. The Bertz CT molecular complexity index is 903. The molecule has 3 aromatic rings. The van der Waals surface area contributed by atoms with Crippen molar-refractivity contribution in [3.8, 4) is 5.69 Å². The minimum atomic E-state index is -0.0511. The fraction of sp³-hybridized carbons (Fsp3) is 0.158. The lowest BCUT2D eigenvalue weighted by Crippen LogP contribution is -2.27. The van der Waals surface area contributed by atoms with Crippen LogP contribution in [-0.4, -0.2) is 15.7 Å². The van der Waals surface area contributed by atoms with Crippen molar-refractivity contribution >= 4 is 21.8 Å². The molecule has 1 amide bonds. The van der Waals surface area contributed by atoms with Crippen LogP contribution in [0.1, 0.15) is 33.9 Å². The van der Waals surface area contributed by atoms with E-state index in [1.807, 2.05) is 36.5 Å². The zero-order valence-corrected chi connectivity index (χ0v) is 14.5. The first-order valence-corrected chi connectivity index (χ1v) is 8.69. The maximum Gasteiger partial charge on any atom is 0.251 e. The SMILES string of the molecule is O=C(N[C@H]1CCc2ccccc21)c1cccc(-n2cc(Br)cn2)c1. The Hall–Kier alpha value is -2.40. The number of aryl methyl sites for hydroxylation is 1. The van der Waals surface area contributed by atoms with Crippen LogP contribution in [0.2, 0.25) is 0 Å². The smallest absolute Gasteiger partial charge is 0.251 e. The standard InChI is InChI=1S/C19H16BrN3O/c20-15-11-21-23(12-15)16-6-3-5-14(10-16)19(24)22-18-9-8-13-4-1-2-7-17(13)18/h1-7,10-12,18H,8-9H2,(H,22,24)/t18-/m0/s1. The summed E-state index contributed by atoms with van der Waals surface area (Å²) in [5.74, 6) is -0.0511. The number of aromatic nitrogens is 2. The highest BCUT2D eigenvalue weighted by atomic mass is 79.9. The highest BCUT2D eigenvalue weighted by molar-refractivity contribution is 9.10. The fourth-order valence-corrected chi connectivity index (χ4v) is 3.47. The number of halogens is 1. The van der Waals surface area contributed by atoms with Gasteiger partial charge >= 0.3 is 0 Å². The lowest BCUT2D eigenvalue weighted by molar-refractivity contribution is 0.0936. The van der Waals surface area contributed by atoms with Gasteiger partial charge in [0, 0.05) is 11.8 Å². The molecule has 120 valence electrons. The first kappa shape index (κ1) is 15.1. The Morgan fingerprint density at radius 3 is 2.92 bits per heavy atom. The number of hydrogen-bond acceptors (Lipinski definition) is 2. The van der Waals surface area contributed by atoms with Crippen LogP contribution in [0, 0.1) is 0 Å². The quantitative estimate of drug-likeness (QED) is 0.743. The number of fused-ring (bicyclic) bond motifs is 1. The topological polar surface area (TPSA) is 46.9 Å². The van der Waals surface area contributed by atoms with Crippen molar-refractivity contribution in [2.24, 2.45) is 0 Å². The number of hydrogen-bond donors (Lipinski definition) is 1. The third kappa shape index (κ3) is 2.87. The van der Waals surface area contributed by atoms with Crippen LogP contribution in [-0.2, 0) is 6.42 Å². The summed E-state index contributed by atoms with van der Waals surface area (Å²) in [5.41, 5.74) is 4.07. The summed E-state index contributed by atoms with van der Waals surface area (Å²) in [7, 11) is 0. The third-order valence-corrected chi connectivity index (χ3v) is 4.77. The van der Waals surface area contributed by atoms with Gasteiger partial charge in [0.15, 0.2) is 0 Å². The second-order valence-electron chi connectivity index (χ2n) is 5.92. The number of rotatable bonds is 3. The molecule has 1 N–H and O–H groups in total. The molecule has 1 aromatic heterocycles. The van der Waals surface area contributed by atoms with Gasteiger partial charge in [0.05, 0.1) is 22.4 Å². The van der Waals surface area contributed by atoms with E-state index in [4.69, 9.17) is 0 Å². The molecule has 4 rings (SSSR count). The predicted octanol–water partition coefficient (Wildman–Crippen LogP) is 4.05. The van der Waals surface area contributed by atoms with Crippen molar-refractivity contribution in [1.29, 1.82) is 0 Å². The largest absolute Gasteiger partial charge is 0.345 e. The zero-order chi connectivity index (χ0) is 16.5. The van der Waals surface area contributed by atoms with Crippen molar-refractivity contribution < 1.29 is 4.79 Å². The normalized spacial score (nSPS) is 16.0. The number of nitrogens with one attached hydrogen (secondary N) is 1. The molecule has 0 saturated carbocycles. The number of carbonyl (C=O) groups is 1. The first-order valence-electron chi connectivity index (χ1n) is 7.90. The van der Waals surface area contributed by atoms with Crippen molar-refractivity contribution in [3.05, 3.63) is 82.1 Å². The Morgan fingerprint density at radius 1 is 1.21 bits per heavy atom. The number of nitrogens with zero attached hydrogens (tertiary/aromatic N) is 2. The van der Waals surface area contributed by atoms with E-state index in [2.05, 4.69) is 44.5 Å². The van der Waals surface area contributed by atoms with E-state index in [1.54, 1.807) is 10.9 Å². The van der Waals surface area contributed by atoms with Crippen LogP contribution in [0.3, 0.4) is 0 Å². The van der Waals surface area contributed by atoms with Gasteiger partial charge in [-0.3, -0.25) is 4.79 Å². The molecule has 0 aliphatic heterocycles. The molecule has 0 radical (unpaired) electrons. The minimum absolute atomic E-state index is 0.0511. The van der Waals surface area contributed by atoms with E-state index in [-0.39, 0.29) is 11.9 Å². The van der Waals surface area contributed by atoms with Crippen molar-refractivity contribution in [1.82, 2.24) is 15.1 Å². The summed E-state index contributed by atoms with van der Waals surface area (Å²) >= 11 is 3.39. The van der Waals surface area contributed by atoms with Crippen LogP contribution in [0.4, 0.5) is 0 Å². The highest BCUT2D eigenvalue weighted by Crippen LogP contribution is 2.30. The van der Waals surface area contributed by atoms with Gasteiger partial charge in [-0.2, -0.15) is 5.10 Å². The van der Waals surface area contributed by atoms with E-state index in [1.165, 1.54) is 11.1 Å². The van der Waals surface area contributed by atoms with Crippen LogP contribution in [0.15, 0.2) is 65.4 Å². The van der Waals surface area contributed by atoms with Crippen LogP contribution < -0.4 is 5.32 Å². The molecule has 0 unspecified atom stereocenters. The molecule has 1 aliphatic rings. The van der Waals surface area contributed by atoms with Gasteiger partial charge in [-0.15, -0.1) is 0 Å². The van der Waals surface area contributed by atoms with Crippen LogP contribution in [0.5, 0.6) is 0 Å². The fourth-order valence-electron chi connectivity index (χ4n) is 3.18. The minimum Gasteiger partial charge on any atom is -0.345 e. The van der Waals surface area contributed by atoms with Gasteiger partial charge < -0.3 is 5.32 Å². The van der Waals surface area contributed by atoms with Crippen molar-refractivity contribution in [3.63, 3.8) is 0 Å². The summed E-state index contributed by atoms with van der Waals surface area (Å²) in [5, 5.41) is 7.41. The zero-order valence-electron chi connectivity index (χ0n) is 12.9. The molecule has 2 aromatic carbocycles. The second kappa shape index (κ2) is 6.24. The Balaban J connectivity index is 1.55. The van der Waals surface area contributed by atoms with E-state index in [0.29, 0.717) is 5.56 Å². The first-order chi connectivity index (χ1) is 11.7. The summed E-state index contributed by atoms with van der Waals surface area (Å²) in [6.07, 6.45) is 5.56. The number of amides is 1. The summed E-state index contributed by atoms with van der Waals surface area (Å²) in [6, 6.07) is 15.9. The molecule has 0 fully saturated rings. The van der Waals surface area contributed by atoms with Gasteiger partial charge in [-0.25, -0.2) is 4.68 Å². The maximum absolute atomic E-state index is 12.6. The molecule has 1 atom stereocenters. The molecule has 1 aliphatic carbocycles. The number of carbonyl (C=O) groups excluding carboxylic acids is 1. The van der Waals surface area contributed by atoms with E-state index < -0.39 is 0 Å². The maximum atomic E-state index is 12.6. The molecular formula is C19H16BrN3O. The monoisotopic (exact) mass is 381 g/mol. The highest BCUT2D eigenvalue weighted by Gasteiger charge is 2.23. The van der Waals surface area contributed by atoms with Crippen LogP contribution in [0.25, 0.3) is 5.69 Å². The molecule has 0 saturated heterocycles. The Morgan fingerprint density at radius 2 is 2.08 bits per heavy atom. The lowest BCUT2D eigenvalue weighted by Gasteiger charge is -2.14. The predicted molar refractivity (Wildman–Crippen MR) is 96.2 cm³/mol. The van der Waals surface area contributed by atoms with Gasteiger partial charge in [0.25, 0.3) is 5.91 Å². The van der Waals surface area contributed by atoms with Gasteiger partial charge in [0.1, 0.15) is 0 Å². The molecule has 4 nitrogen and oxygen atoms in total. The molecule has 24 heavy (non-hydrogen) atoms. The van der Waals surface area contributed by atoms with Crippen molar-refractivity contribution in [2.45, 2.75) is 18.9 Å². The summed E-state index contributed by atoms with van der Waals surface area (Å²) in [4.78, 5) is 12.6. The Kier molecular flexibility index (Phi) is 3.94. The summed E-state index contributed by atoms with van der Waals surface area (Å²) < 4.78 is 2.64. The van der Waals surface area contributed by atoms with Gasteiger partial charge in [-0.05, 0) is 58.1 Å². The summed E-state index contributed by atoms with van der Waals surface area (Å²) in [6.45, 7) is 0. The molecule has 0 bridgehead atoms. The second-order valence-corrected chi connectivity index (χ2v) is 6.83.